The molecule has 186 valence electrons. The predicted molar refractivity (Wildman–Crippen MR) is 132 cm³/mol. The van der Waals surface area contributed by atoms with E-state index in [1.165, 1.54) is 0 Å². The third kappa shape index (κ3) is 4.13. The zero-order valence-corrected chi connectivity index (χ0v) is 19.8. The number of cyclic esters (lactones) is 1. The number of rotatable bonds is 7. The van der Waals surface area contributed by atoms with Crippen molar-refractivity contribution in [2.24, 2.45) is 0 Å². The molecular weight excluding hydrogens is 464 g/mol. The molecule has 1 aromatic heterocycles. The van der Waals surface area contributed by atoms with Gasteiger partial charge in [-0.25, -0.2) is 9.78 Å². The SMILES string of the molecule is COc1ccc2ccc3c(c2n1)[C@H](CCNC[C@@H]1CN(c2ccc4c(c2)NC(=O)CO4)C(=O)O1)CO3. The van der Waals surface area contributed by atoms with Crippen molar-refractivity contribution in [1.29, 1.82) is 0 Å². The molecule has 0 saturated carbocycles. The van der Waals surface area contributed by atoms with Gasteiger partial charge in [-0.15, -0.1) is 0 Å². The van der Waals surface area contributed by atoms with Crippen LogP contribution in [0.2, 0.25) is 0 Å². The van der Waals surface area contributed by atoms with Gasteiger partial charge in [0, 0.05) is 35.2 Å². The first-order valence-corrected chi connectivity index (χ1v) is 11.9. The van der Waals surface area contributed by atoms with Gasteiger partial charge in [-0.1, -0.05) is 0 Å². The molecule has 1 saturated heterocycles. The van der Waals surface area contributed by atoms with Crippen LogP contribution in [0.15, 0.2) is 42.5 Å². The first-order chi connectivity index (χ1) is 17.6. The Kier molecular flexibility index (Phi) is 5.73. The second kappa shape index (κ2) is 9.19. The third-order valence-electron chi connectivity index (χ3n) is 6.72. The van der Waals surface area contributed by atoms with Gasteiger partial charge in [0.1, 0.15) is 17.6 Å². The van der Waals surface area contributed by atoms with E-state index in [2.05, 4.69) is 15.6 Å². The summed E-state index contributed by atoms with van der Waals surface area (Å²) in [5.41, 5.74) is 3.25. The van der Waals surface area contributed by atoms with Crippen molar-refractivity contribution >= 4 is 34.3 Å². The van der Waals surface area contributed by atoms with Crippen LogP contribution in [0, 0.1) is 0 Å². The van der Waals surface area contributed by atoms with Crippen molar-refractivity contribution in [3.8, 4) is 17.4 Å². The maximum Gasteiger partial charge on any atom is 0.414 e. The van der Waals surface area contributed by atoms with Crippen molar-refractivity contribution in [3.05, 3.63) is 48.0 Å². The van der Waals surface area contributed by atoms with Crippen LogP contribution in [0.25, 0.3) is 10.9 Å². The highest BCUT2D eigenvalue weighted by molar-refractivity contribution is 5.97. The Balaban J connectivity index is 1.05. The number of ether oxygens (including phenoxy) is 4. The number of nitrogens with one attached hydrogen (secondary N) is 2. The number of fused-ring (bicyclic) bond motifs is 4. The number of hydrogen-bond acceptors (Lipinski definition) is 8. The fourth-order valence-electron chi connectivity index (χ4n) is 4.93. The average molecular weight is 491 g/mol. The number of nitrogens with zero attached hydrogens (tertiary/aromatic N) is 2. The minimum Gasteiger partial charge on any atom is -0.493 e. The Hall–Kier alpha value is -4.05. The number of aromatic nitrogens is 1. The van der Waals surface area contributed by atoms with Crippen LogP contribution in [0.5, 0.6) is 17.4 Å². The van der Waals surface area contributed by atoms with E-state index in [4.69, 9.17) is 18.9 Å². The first-order valence-electron chi connectivity index (χ1n) is 11.9. The molecule has 0 aliphatic carbocycles. The molecule has 10 nitrogen and oxygen atoms in total. The fourth-order valence-corrected chi connectivity index (χ4v) is 4.93. The van der Waals surface area contributed by atoms with Crippen molar-refractivity contribution in [3.63, 3.8) is 0 Å². The number of anilines is 2. The number of benzene rings is 2. The first kappa shape index (κ1) is 22.4. The second-order valence-corrected chi connectivity index (χ2v) is 9.04. The molecule has 3 aromatic rings. The van der Waals surface area contributed by atoms with Crippen molar-refractivity contribution in [2.45, 2.75) is 18.4 Å². The van der Waals surface area contributed by atoms with Crippen LogP contribution in [0.3, 0.4) is 0 Å². The molecule has 6 rings (SSSR count). The summed E-state index contributed by atoms with van der Waals surface area (Å²) in [6, 6.07) is 13.2. The normalized spacial score (nSPS) is 20.3. The number of methoxy groups -OCH3 is 1. The van der Waals surface area contributed by atoms with Crippen molar-refractivity contribution in [2.75, 3.05) is 50.2 Å². The molecule has 0 bridgehead atoms. The Morgan fingerprint density at radius 2 is 2.00 bits per heavy atom. The van der Waals surface area contributed by atoms with Gasteiger partial charge in [-0.2, -0.15) is 0 Å². The molecule has 0 radical (unpaired) electrons. The lowest BCUT2D eigenvalue weighted by atomic mass is 9.95. The Bertz CT molecular complexity index is 1350. The smallest absolute Gasteiger partial charge is 0.414 e. The zero-order valence-electron chi connectivity index (χ0n) is 19.8. The summed E-state index contributed by atoms with van der Waals surface area (Å²) in [6.07, 6.45) is 0.174. The molecular formula is C26H26N4O6. The quantitative estimate of drug-likeness (QED) is 0.486. The lowest BCUT2D eigenvalue weighted by Crippen LogP contribution is -2.32. The minimum atomic E-state index is -0.408. The van der Waals surface area contributed by atoms with E-state index in [0.29, 0.717) is 42.7 Å². The molecule has 0 spiro atoms. The second-order valence-electron chi connectivity index (χ2n) is 9.04. The van der Waals surface area contributed by atoms with Gasteiger partial charge in [-0.3, -0.25) is 9.69 Å². The van der Waals surface area contributed by atoms with Gasteiger partial charge in [0.05, 0.1) is 31.5 Å². The molecule has 2 amide bonds. The number of pyridine rings is 1. The maximum absolute atomic E-state index is 12.5. The van der Waals surface area contributed by atoms with Gasteiger partial charge >= 0.3 is 6.09 Å². The summed E-state index contributed by atoms with van der Waals surface area (Å²) in [6.45, 7) is 2.30. The zero-order chi connectivity index (χ0) is 24.6. The monoisotopic (exact) mass is 490 g/mol. The van der Waals surface area contributed by atoms with Crippen molar-refractivity contribution in [1.82, 2.24) is 10.3 Å². The summed E-state index contributed by atoms with van der Waals surface area (Å²) in [7, 11) is 1.62. The van der Waals surface area contributed by atoms with Crippen LogP contribution >= 0.6 is 0 Å². The molecule has 3 aliphatic rings. The molecule has 2 N–H and O–H groups in total. The number of amides is 2. The Morgan fingerprint density at radius 3 is 2.89 bits per heavy atom. The van der Waals surface area contributed by atoms with E-state index < -0.39 is 6.09 Å². The standard InChI is InChI=1S/C26H26N4O6/c1-33-23-7-3-15-2-5-21-24(25(15)29-23)16(13-34-21)8-9-27-11-18-12-30(26(32)36-18)17-4-6-20-19(10-17)28-22(31)14-35-20/h2-7,10,16,18,27H,8-9,11-14H2,1H3,(H,28,31)/t16-,18-/m1/s1. The molecule has 0 unspecified atom stereocenters. The highest BCUT2D eigenvalue weighted by Gasteiger charge is 2.33. The van der Waals surface area contributed by atoms with E-state index in [1.807, 2.05) is 24.3 Å². The van der Waals surface area contributed by atoms with E-state index in [-0.39, 0.29) is 24.5 Å². The lowest BCUT2D eigenvalue weighted by Gasteiger charge is -2.20. The van der Waals surface area contributed by atoms with E-state index in [0.717, 1.165) is 35.2 Å². The lowest BCUT2D eigenvalue weighted by molar-refractivity contribution is -0.118. The molecule has 1 fully saturated rings. The number of hydrogen-bond donors (Lipinski definition) is 2. The molecule has 4 heterocycles. The van der Waals surface area contributed by atoms with E-state index in [1.54, 1.807) is 30.2 Å². The van der Waals surface area contributed by atoms with Gasteiger partial charge in [0.15, 0.2) is 6.61 Å². The van der Waals surface area contributed by atoms with Crippen molar-refractivity contribution < 1.29 is 28.5 Å². The summed E-state index contributed by atoms with van der Waals surface area (Å²) in [5, 5.41) is 7.25. The molecule has 2 atom stereocenters. The van der Waals surface area contributed by atoms with Crippen LogP contribution in [-0.2, 0) is 9.53 Å². The highest BCUT2D eigenvalue weighted by atomic mass is 16.6. The van der Waals surface area contributed by atoms with Gasteiger partial charge < -0.3 is 29.6 Å². The number of carbonyl (C=O) groups is 2. The van der Waals surface area contributed by atoms with Crippen LogP contribution in [0.4, 0.5) is 16.2 Å². The van der Waals surface area contributed by atoms with Crippen LogP contribution in [-0.4, -0.2) is 63.0 Å². The molecule has 3 aliphatic heterocycles. The minimum absolute atomic E-state index is 0.00859. The van der Waals surface area contributed by atoms with Gasteiger partial charge in [0.25, 0.3) is 5.91 Å². The average Bonchev–Trinajstić information content (AvgIpc) is 3.49. The summed E-state index contributed by atoms with van der Waals surface area (Å²) in [4.78, 5) is 30.3. The number of carbonyl (C=O) groups excluding carboxylic acids is 2. The van der Waals surface area contributed by atoms with Crippen LogP contribution in [0.1, 0.15) is 17.9 Å². The summed E-state index contributed by atoms with van der Waals surface area (Å²) < 4.78 is 22.2. The molecule has 10 heteroatoms. The van der Waals surface area contributed by atoms with Crippen LogP contribution < -0.4 is 29.7 Å². The third-order valence-corrected chi connectivity index (χ3v) is 6.72. The topological polar surface area (TPSA) is 111 Å². The largest absolute Gasteiger partial charge is 0.493 e. The highest BCUT2D eigenvalue weighted by Crippen LogP contribution is 2.40. The Labute approximate surface area is 207 Å². The Morgan fingerprint density at radius 1 is 1.14 bits per heavy atom. The predicted octanol–water partition coefficient (Wildman–Crippen LogP) is 3.06. The maximum atomic E-state index is 12.5. The molecule has 2 aromatic carbocycles. The summed E-state index contributed by atoms with van der Waals surface area (Å²) >= 11 is 0. The summed E-state index contributed by atoms with van der Waals surface area (Å²) in [5.74, 6) is 2.04. The van der Waals surface area contributed by atoms with Gasteiger partial charge in [-0.05, 0) is 49.4 Å². The van der Waals surface area contributed by atoms with E-state index >= 15 is 0 Å². The fraction of sp³-hybridized carbons (Fsp3) is 0.346. The van der Waals surface area contributed by atoms with E-state index in [9.17, 15) is 9.59 Å². The molecule has 36 heavy (non-hydrogen) atoms. The van der Waals surface area contributed by atoms with Gasteiger partial charge in [0.2, 0.25) is 5.88 Å².